The van der Waals surface area contributed by atoms with Gasteiger partial charge in [-0.2, -0.15) is 0 Å². The van der Waals surface area contributed by atoms with Crippen LogP contribution in [-0.2, 0) is 22.4 Å². The highest BCUT2D eigenvalue weighted by Crippen LogP contribution is 2.32. The Bertz CT molecular complexity index is 598. The summed E-state index contributed by atoms with van der Waals surface area (Å²) in [5.74, 6) is -0.107. The average molecular weight is 333 g/mol. The van der Waals surface area contributed by atoms with Gasteiger partial charge in [-0.15, -0.1) is 11.3 Å². The van der Waals surface area contributed by atoms with Crippen molar-refractivity contribution >= 4 is 28.3 Å². The van der Waals surface area contributed by atoms with Crippen LogP contribution >= 0.6 is 11.3 Å². The zero-order valence-corrected chi connectivity index (χ0v) is 14.2. The fourth-order valence-electron chi connectivity index (χ4n) is 4.09. The van der Waals surface area contributed by atoms with Crippen LogP contribution in [-0.4, -0.2) is 34.3 Å². The molecule has 1 N–H and O–H groups in total. The lowest BCUT2D eigenvalue weighted by molar-refractivity contribution is -0.129. The maximum absolute atomic E-state index is 12.5. The zero-order chi connectivity index (χ0) is 15.8. The minimum atomic E-state index is -0.218. The smallest absolute Gasteiger partial charge is 0.231 e. The van der Waals surface area contributed by atoms with E-state index in [2.05, 4.69) is 10.3 Å². The third-order valence-electron chi connectivity index (χ3n) is 5.37. The third kappa shape index (κ3) is 3.01. The van der Waals surface area contributed by atoms with Crippen molar-refractivity contribution < 1.29 is 9.59 Å². The van der Waals surface area contributed by atoms with E-state index in [1.54, 1.807) is 11.3 Å². The number of likely N-dealkylation sites (tertiary alicyclic amines) is 1. The molecule has 2 heterocycles. The summed E-state index contributed by atoms with van der Waals surface area (Å²) < 4.78 is 0. The van der Waals surface area contributed by atoms with Crippen LogP contribution in [0.5, 0.6) is 0 Å². The van der Waals surface area contributed by atoms with Crippen molar-refractivity contribution in [2.24, 2.45) is 5.92 Å². The number of nitrogens with one attached hydrogen (secondary N) is 1. The Morgan fingerprint density at radius 2 is 1.96 bits per heavy atom. The molecule has 1 atom stereocenters. The summed E-state index contributed by atoms with van der Waals surface area (Å²) in [6, 6.07) is 0.368. The highest BCUT2D eigenvalue weighted by atomic mass is 32.1. The third-order valence-corrected chi connectivity index (χ3v) is 6.44. The van der Waals surface area contributed by atoms with Crippen LogP contribution in [0, 0.1) is 5.92 Å². The molecule has 2 aliphatic carbocycles. The van der Waals surface area contributed by atoms with Gasteiger partial charge in [0.15, 0.2) is 5.13 Å². The molecule has 0 radical (unpaired) electrons. The summed E-state index contributed by atoms with van der Waals surface area (Å²) in [5.41, 5.74) is 1.16. The second-order valence-electron chi connectivity index (χ2n) is 6.97. The van der Waals surface area contributed by atoms with Crippen LogP contribution in [0.4, 0.5) is 5.13 Å². The zero-order valence-electron chi connectivity index (χ0n) is 13.3. The number of nitrogens with zero attached hydrogens (tertiary/aromatic N) is 2. The fourth-order valence-corrected chi connectivity index (χ4v) is 5.14. The molecule has 2 amide bonds. The first-order chi connectivity index (χ1) is 11.2. The summed E-state index contributed by atoms with van der Waals surface area (Å²) >= 11 is 1.61. The van der Waals surface area contributed by atoms with Crippen LogP contribution in [0.1, 0.15) is 55.5 Å². The van der Waals surface area contributed by atoms with Crippen molar-refractivity contribution in [2.75, 3.05) is 11.9 Å². The number of anilines is 1. The van der Waals surface area contributed by atoms with Crippen LogP contribution in [0.25, 0.3) is 0 Å². The van der Waals surface area contributed by atoms with Crippen molar-refractivity contribution in [3.05, 3.63) is 10.6 Å². The SMILES string of the molecule is O=C(Nc1nc2c(s1)CCCC2)[C@H]1CC(=O)N(C2CCCC2)C1. The van der Waals surface area contributed by atoms with E-state index in [4.69, 9.17) is 0 Å². The molecule has 124 valence electrons. The number of amides is 2. The largest absolute Gasteiger partial charge is 0.339 e. The predicted octanol–water partition coefficient (Wildman–Crippen LogP) is 2.75. The number of carbonyl (C=O) groups is 2. The molecule has 1 aromatic rings. The predicted molar refractivity (Wildman–Crippen MR) is 89.5 cm³/mol. The van der Waals surface area contributed by atoms with E-state index >= 15 is 0 Å². The summed E-state index contributed by atoms with van der Waals surface area (Å²) in [5, 5.41) is 3.68. The van der Waals surface area contributed by atoms with Crippen molar-refractivity contribution in [3.8, 4) is 0 Å². The molecule has 3 aliphatic rings. The fraction of sp³-hybridized carbons (Fsp3) is 0.706. The van der Waals surface area contributed by atoms with Crippen molar-refractivity contribution in [1.29, 1.82) is 0 Å². The second-order valence-corrected chi connectivity index (χ2v) is 8.05. The van der Waals surface area contributed by atoms with E-state index in [1.807, 2.05) is 4.90 Å². The molecule has 2 fully saturated rings. The number of thiazole rings is 1. The molecule has 0 aromatic carbocycles. The Hall–Kier alpha value is -1.43. The first-order valence-corrected chi connectivity index (χ1v) is 9.61. The number of fused-ring (bicyclic) bond motifs is 1. The van der Waals surface area contributed by atoms with E-state index in [-0.39, 0.29) is 17.7 Å². The Morgan fingerprint density at radius 3 is 2.74 bits per heavy atom. The van der Waals surface area contributed by atoms with E-state index in [0.717, 1.165) is 31.4 Å². The normalized spacial score (nSPS) is 25.0. The molecular weight excluding hydrogens is 310 g/mol. The minimum Gasteiger partial charge on any atom is -0.339 e. The van der Waals surface area contributed by atoms with E-state index in [0.29, 0.717) is 24.1 Å². The standard InChI is InChI=1S/C17H23N3O2S/c21-15-9-11(10-20(15)12-5-1-2-6-12)16(22)19-17-18-13-7-3-4-8-14(13)23-17/h11-12H,1-10H2,(H,18,19,22)/t11-/m0/s1. The van der Waals surface area contributed by atoms with Gasteiger partial charge in [0.2, 0.25) is 11.8 Å². The van der Waals surface area contributed by atoms with Gasteiger partial charge in [-0.05, 0) is 38.5 Å². The van der Waals surface area contributed by atoms with E-state index in [9.17, 15) is 9.59 Å². The first-order valence-electron chi connectivity index (χ1n) is 8.79. The Labute approximate surface area is 140 Å². The number of hydrogen-bond acceptors (Lipinski definition) is 4. The summed E-state index contributed by atoms with van der Waals surface area (Å²) in [6.45, 7) is 0.584. The Balaban J connectivity index is 1.39. The monoisotopic (exact) mass is 333 g/mol. The number of rotatable bonds is 3. The summed E-state index contributed by atoms with van der Waals surface area (Å²) in [6.07, 6.45) is 9.48. The van der Waals surface area contributed by atoms with Gasteiger partial charge >= 0.3 is 0 Å². The minimum absolute atomic E-state index is 0.0371. The van der Waals surface area contributed by atoms with Crippen molar-refractivity contribution in [2.45, 2.75) is 63.8 Å². The molecule has 0 spiro atoms. The summed E-state index contributed by atoms with van der Waals surface area (Å²) in [4.78, 5) is 32.6. The molecule has 1 saturated heterocycles. The topological polar surface area (TPSA) is 62.3 Å². The lowest BCUT2D eigenvalue weighted by Crippen LogP contribution is -2.35. The molecule has 5 nitrogen and oxygen atoms in total. The van der Waals surface area contributed by atoms with E-state index < -0.39 is 0 Å². The average Bonchev–Trinajstić information content (AvgIpc) is 3.24. The highest BCUT2D eigenvalue weighted by molar-refractivity contribution is 7.15. The van der Waals surface area contributed by atoms with Gasteiger partial charge < -0.3 is 10.2 Å². The van der Waals surface area contributed by atoms with Gasteiger partial charge in [-0.1, -0.05) is 12.8 Å². The molecule has 1 aliphatic heterocycles. The quantitative estimate of drug-likeness (QED) is 0.925. The molecule has 6 heteroatoms. The molecular formula is C17H23N3O2S. The maximum Gasteiger partial charge on any atom is 0.231 e. The van der Waals surface area contributed by atoms with Gasteiger partial charge in [-0.25, -0.2) is 4.98 Å². The molecule has 4 rings (SSSR count). The van der Waals surface area contributed by atoms with Crippen molar-refractivity contribution in [3.63, 3.8) is 0 Å². The van der Waals surface area contributed by atoms with E-state index in [1.165, 1.54) is 30.6 Å². The lowest BCUT2D eigenvalue weighted by atomic mass is 10.0. The van der Waals surface area contributed by atoms with Crippen LogP contribution in [0.2, 0.25) is 0 Å². The molecule has 1 saturated carbocycles. The Kier molecular flexibility index (Phi) is 4.09. The Morgan fingerprint density at radius 1 is 1.17 bits per heavy atom. The molecule has 23 heavy (non-hydrogen) atoms. The molecule has 0 unspecified atom stereocenters. The number of aryl methyl sites for hydroxylation is 2. The van der Waals surface area contributed by atoms with Crippen LogP contribution < -0.4 is 5.32 Å². The number of carbonyl (C=O) groups excluding carboxylic acids is 2. The summed E-state index contributed by atoms with van der Waals surface area (Å²) in [7, 11) is 0. The maximum atomic E-state index is 12.5. The van der Waals surface area contributed by atoms with Gasteiger partial charge in [0.1, 0.15) is 0 Å². The second kappa shape index (κ2) is 6.23. The van der Waals surface area contributed by atoms with Gasteiger partial charge in [0.05, 0.1) is 11.6 Å². The van der Waals surface area contributed by atoms with Gasteiger partial charge in [-0.3, -0.25) is 9.59 Å². The molecule has 0 bridgehead atoms. The van der Waals surface area contributed by atoms with Gasteiger partial charge in [0.25, 0.3) is 0 Å². The van der Waals surface area contributed by atoms with Crippen LogP contribution in [0.15, 0.2) is 0 Å². The van der Waals surface area contributed by atoms with Crippen LogP contribution in [0.3, 0.4) is 0 Å². The highest BCUT2D eigenvalue weighted by Gasteiger charge is 2.38. The van der Waals surface area contributed by atoms with Crippen molar-refractivity contribution in [1.82, 2.24) is 9.88 Å². The number of hydrogen-bond donors (Lipinski definition) is 1. The lowest BCUT2D eigenvalue weighted by Gasteiger charge is -2.23. The first kappa shape index (κ1) is 15.1. The van der Waals surface area contributed by atoms with Gasteiger partial charge in [0, 0.05) is 23.9 Å². The number of aromatic nitrogens is 1. The molecule has 1 aromatic heterocycles.